The highest BCUT2D eigenvalue weighted by Crippen LogP contribution is 2.19. The molecule has 0 fully saturated rings. The van der Waals surface area contributed by atoms with Gasteiger partial charge in [0.1, 0.15) is 15.7 Å². The van der Waals surface area contributed by atoms with Crippen molar-refractivity contribution in [3.63, 3.8) is 0 Å². The maximum absolute atomic E-state index is 9.00. The van der Waals surface area contributed by atoms with E-state index in [-0.39, 0.29) is 0 Å². The predicted molar refractivity (Wildman–Crippen MR) is 98.1 cm³/mol. The van der Waals surface area contributed by atoms with Crippen molar-refractivity contribution in [2.45, 2.75) is 26.8 Å². The molecule has 0 atom stereocenters. The van der Waals surface area contributed by atoms with Crippen molar-refractivity contribution in [3.05, 3.63) is 52.9 Å². The fourth-order valence-electron chi connectivity index (χ4n) is 2.50. The van der Waals surface area contributed by atoms with E-state index in [0.29, 0.717) is 0 Å². The number of hydrogen-bond acceptors (Lipinski definition) is 6. The summed E-state index contributed by atoms with van der Waals surface area (Å²) in [6.07, 6.45) is 6.47. The third kappa shape index (κ3) is 4.12. The standard InChI is InChI=1S/C15H14N6S.C2H4O2/c1-11-18-19-14(22-11)6-9-20-10-8-16-15(20)13-4-2-3-12-5-7-17-21(12)13;1-2(3)4/h2-5,7-8,10H,6,9H2,1H3;1H3,(H,3,4). The zero-order chi connectivity index (χ0) is 18.5. The average molecular weight is 370 g/mol. The molecule has 0 aliphatic carbocycles. The van der Waals surface area contributed by atoms with Gasteiger partial charge in [-0.3, -0.25) is 4.79 Å². The van der Waals surface area contributed by atoms with Crippen molar-refractivity contribution in [1.82, 2.24) is 29.4 Å². The van der Waals surface area contributed by atoms with E-state index in [0.717, 1.165) is 46.9 Å². The van der Waals surface area contributed by atoms with Crippen LogP contribution in [-0.4, -0.2) is 40.4 Å². The van der Waals surface area contributed by atoms with E-state index in [4.69, 9.17) is 9.90 Å². The van der Waals surface area contributed by atoms with Gasteiger partial charge in [0.15, 0.2) is 5.82 Å². The van der Waals surface area contributed by atoms with Gasteiger partial charge in [-0.05, 0) is 25.1 Å². The molecule has 4 rings (SSSR count). The highest BCUT2D eigenvalue weighted by molar-refractivity contribution is 7.11. The number of carboxylic acid groups (broad SMARTS) is 1. The van der Waals surface area contributed by atoms with Gasteiger partial charge in [-0.1, -0.05) is 6.07 Å². The number of carbonyl (C=O) groups is 1. The van der Waals surface area contributed by atoms with Gasteiger partial charge in [0, 0.05) is 32.3 Å². The third-order valence-electron chi connectivity index (χ3n) is 3.50. The monoisotopic (exact) mass is 370 g/mol. The van der Waals surface area contributed by atoms with E-state index < -0.39 is 5.97 Å². The Morgan fingerprint density at radius 3 is 2.77 bits per heavy atom. The van der Waals surface area contributed by atoms with E-state index in [2.05, 4.69) is 24.8 Å². The lowest BCUT2D eigenvalue weighted by Crippen LogP contribution is -2.05. The SMILES string of the molecule is CC(=O)O.Cc1nnc(CCn2ccnc2-c2cccc3ccnn23)s1. The molecule has 0 aliphatic heterocycles. The van der Waals surface area contributed by atoms with E-state index in [1.54, 1.807) is 17.5 Å². The van der Waals surface area contributed by atoms with Crippen LogP contribution in [0.5, 0.6) is 0 Å². The molecule has 4 aromatic rings. The normalized spacial score (nSPS) is 10.5. The van der Waals surface area contributed by atoms with Crippen molar-refractivity contribution >= 4 is 22.8 Å². The van der Waals surface area contributed by atoms with Crippen LogP contribution in [0.1, 0.15) is 16.9 Å². The number of nitrogens with zero attached hydrogens (tertiary/aromatic N) is 6. The van der Waals surface area contributed by atoms with E-state index in [9.17, 15) is 0 Å². The highest BCUT2D eigenvalue weighted by Gasteiger charge is 2.11. The molecule has 0 saturated carbocycles. The number of hydrogen-bond donors (Lipinski definition) is 1. The van der Waals surface area contributed by atoms with Crippen molar-refractivity contribution in [1.29, 1.82) is 0 Å². The first kappa shape index (κ1) is 17.7. The molecule has 0 aliphatic rings. The second-order valence-electron chi connectivity index (χ2n) is 5.51. The first-order chi connectivity index (χ1) is 12.5. The van der Waals surface area contributed by atoms with E-state index in [1.165, 1.54) is 0 Å². The summed E-state index contributed by atoms with van der Waals surface area (Å²) >= 11 is 1.64. The van der Waals surface area contributed by atoms with Gasteiger partial charge in [-0.2, -0.15) is 5.10 Å². The van der Waals surface area contributed by atoms with Crippen LogP contribution in [0.25, 0.3) is 17.0 Å². The van der Waals surface area contributed by atoms with Crippen LogP contribution in [0.3, 0.4) is 0 Å². The van der Waals surface area contributed by atoms with Crippen molar-refractivity contribution in [3.8, 4) is 11.5 Å². The van der Waals surface area contributed by atoms with E-state index >= 15 is 0 Å². The highest BCUT2D eigenvalue weighted by atomic mass is 32.1. The van der Waals surface area contributed by atoms with Gasteiger partial charge in [0.25, 0.3) is 5.97 Å². The average Bonchev–Trinajstić information content (AvgIpc) is 3.32. The van der Waals surface area contributed by atoms with Crippen LogP contribution in [0, 0.1) is 6.92 Å². The molecule has 4 aromatic heterocycles. The van der Waals surface area contributed by atoms with Crippen LogP contribution in [-0.2, 0) is 17.8 Å². The predicted octanol–water partition coefficient (Wildman–Crippen LogP) is 2.69. The van der Waals surface area contributed by atoms with Crippen molar-refractivity contribution in [2.75, 3.05) is 0 Å². The molecule has 0 amide bonds. The molecule has 0 saturated heterocycles. The summed E-state index contributed by atoms with van der Waals surface area (Å²) in [6.45, 7) is 3.88. The first-order valence-corrected chi connectivity index (χ1v) is 8.79. The van der Waals surface area contributed by atoms with Crippen LogP contribution in [0.15, 0.2) is 42.9 Å². The zero-order valence-corrected chi connectivity index (χ0v) is 15.2. The van der Waals surface area contributed by atoms with Crippen LogP contribution >= 0.6 is 11.3 Å². The zero-order valence-electron chi connectivity index (χ0n) is 14.4. The summed E-state index contributed by atoms with van der Waals surface area (Å²) in [5.41, 5.74) is 2.05. The Balaban J connectivity index is 0.000000447. The minimum atomic E-state index is -0.833. The number of rotatable bonds is 4. The quantitative estimate of drug-likeness (QED) is 0.593. The third-order valence-corrected chi connectivity index (χ3v) is 4.40. The van der Waals surface area contributed by atoms with Crippen LogP contribution < -0.4 is 0 Å². The molecule has 4 heterocycles. The maximum Gasteiger partial charge on any atom is 0.300 e. The number of aliphatic carboxylic acids is 1. The van der Waals surface area contributed by atoms with Gasteiger partial charge < -0.3 is 9.67 Å². The summed E-state index contributed by atoms with van der Waals surface area (Å²) in [6, 6.07) is 8.09. The molecule has 0 bridgehead atoms. The Bertz CT molecular complexity index is 1020. The molecule has 0 radical (unpaired) electrons. The molecule has 0 spiro atoms. The molecular formula is C17H18N6O2S. The molecule has 26 heavy (non-hydrogen) atoms. The second kappa shape index (κ2) is 7.87. The summed E-state index contributed by atoms with van der Waals surface area (Å²) in [4.78, 5) is 13.5. The lowest BCUT2D eigenvalue weighted by Gasteiger charge is -2.08. The molecule has 0 aromatic carbocycles. The van der Waals surface area contributed by atoms with Gasteiger partial charge in [-0.25, -0.2) is 9.50 Å². The molecule has 1 N–H and O–H groups in total. The maximum atomic E-state index is 9.00. The van der Waals surface area contributed by atoms with Crippen molar-refractivity contribution in [2.24, 2.45) is 0 Å². The topological polar surface area (TPSA) is 98.2 Å². The molecule has 0 unspecified atom stereocenters. The lowest BCUT2D eigenvalue weighted by molar-refractivity contribution is -0.134. The fraction of sp³-hybridized carbons (Fsp3) is 0.235. The Kier molecular flexibility index (Phi) is 5.37. The Morgan fingerprint density at radius 2 is 2.04 bits per heavy atom. The molecule has 134 valence electrons. The molecular weight excluding hydrogens is 352 g/mol. The summed E-state index contributed by atoms with van der Waals surface area (Å²) < 4.78 is 4.04. The number of pyridine rings is 1. The van der Waals surface area contributed by atoms with Gasteiger partial charge in [0.05, 0.1) is 11.7 Å². The van der Waals surface area contributed by atoms with Gasteiger partial charge in [-0.15, -0.1) is 21.5 Å². The fourth-order valence-corrected chi connectivity index (χ4v) is 3.19. The van der Waals surface area contributed by atoms with Gasteiger partial charge >= 0.3 is 0 Å². The number of fused-ring (bicyclic) bond motifs is 1. The van der Waals surface area contributed by atoms with Crippen LogP contribution in [0.4, 0.5) is 0 Å². The summed E-state index contributed by atoms with van der Waals surface area (Å²) in [5, 5.41) is 22.1. The number of imidazole rings is 1. The minimum Gasteiger partial charge on any atom is -0.481 e. The van der Waals surface area contributed by atoms with E-state index in [1.807, 2.05) is 48.1 Å². The molecule has 8 nitrogen and oxygen atoms in total. The van der Waals surface area contributed by atoms with Crippen LogP contribution in [0.2, 0.25) is 0 Å². The Labute approximate surface area is 153 Å². The largest absolute Gasteiger partial charge is 0.481 e. The number of aromatic nitrogens is 6. The van der Waals surface area contributed by atoms with Crippen molar-refractivity contribution < 1.29 is 9.90 Å². The second-order valence-corrected chi connectivity index (χ2v) is 6.77. The smallest absolute Gasteiger partial charge is 0.300 e. The lowest BCUT2D eigenvalue weighted by atomic mass is 10.3. The number of aryl methyl sites for hydroxylation is 3. The summed E-state index contributed by atoms with van der Waals surface area (Å²) in [7, 11) is 0. The first-order valence-electron chi connectivity index (χ1n) is 7.97. The number of carboxylic acids is 1. The summed E-state index contributed by atoms with van der Waals surface area (Å²) in [5.74, 6) is 0.0792. The molecule has 9 heteroatoms. The minimum absolute atomic E-state index is 0.821. The Morgan fingerprint density at radius 1 is 1.23 bits per heavy atom. The van der Waals surface area contributed by atoms with Gasteiger partial charge in [0.2, 0.25) is 0 Å². The Hall–Kier alpha value is -3.07.